The lowest BCUT2D eigenvalue weighted by atomic mass is 10.2. The number of H-pyrrole nitrogens is 2. The highest BCUT2D eigenvalue weighted by molar-refractivity contribution is 8.00. The monoisotopic (exact) mass is 368 g/mol. The quantitative estimate of drug-likeness (QED) is 0.479. The van der Waals surface area contributed by atoms with Crippen molar-refractivity contribution in [2.75, 3.05) is 5.32 Å². The van der Waals surface area contributed by atoms with Crippen LogP contribution in [0.15, 0.2) is 28.0 Å². The molecule has 1 amide bonds. The van der Waals surface area contributed by atoms with Crippen molar-refractivity contribution < 1.29 is 4.79 Å². The molecule has 0 aliphatic heterocycles. The summed E-state index contributed by atoms with van der Waals surface area (Å²) in [6.07, 6.45) is 0. The summed E-state index contributed by atoms with van der Waals surface area (Å²) in [7, 11) is 0. The number of hydrogen-bond donors (Lipinski definition) is 3. The molecule has 3 aromatic rings. The van der Waals surface area contributed by atoms with Gasteiger partial charge in [0.2, 0.25) is 5.91 Å². The maximum atomic E-state index is 12.5. The molecular formula is C17H16N6O2S. The van der Waals surface area contributed by atoms with Crippen molar-refractivity contribution in [1.82, 2.24) is 19.9 Å². The number of aryl methyl sites for hydroxylation is 2. The Kier molecular flexibility index (Phi) is 4.77. The molecule has 132 valence electrons. The third kappa shape index (κ3) is 3.60. The van der Waals surface area contributed by atoms with Crippen molar-refractivity contribution in [3.8, 4) is 6.07 Å². The third-order valence-electron chi connectivity index (χ3n) is 3.72. The lowest BCUT2D eigenvalue weighted by molar-refractivity contribution is -0.115. The third-order valence-corrected chi connectivity index (χ3v) is 4.81. The smallest absolute Gasteiger partial charge is 0.323 e. The van der Waals surface area contributed by atoms with Crippen LogP contribution >= 0.6 is 11.8 Å². The first-order valence-electron chi connectivity index (χ1n) is 7.82. The average Bonchev–Trinajstić information content (AvgIpc) is 2.93. The Morgan fingerprint density at radius 3 is 2.73 bits per heavy atom. The van der Waals surface area contributed by atoms with E-state index >= 15 is 0 Å². The molecule has 1 aromatic carbocycles. The van der Waals surface area contributed by atoms with Crippen LogP contribution in [0.5, 0.6) is 0 Å². The number of imidazole rings is 1. The number of nitrogens with zero attached hydrogens (tertiary/aromatic N) is 3. The van der Waals surface area contributed by atoms with Crippen LogP contribution in [0.2, 0.25) is 0 Å². The SMILES string of the molecule is Cc1nc(C)c(C#N)c(SC(C)C(=O)Nc2ccc3[nH]c(=O)[nH]c3c2)n1. The summed E-state index contributed by atoms with van der Waals surface area (Å²) in [5.74, 6) is 0.323. The average molecular weight is 368 g/mol. The van der Waals surface area contributed by atoms with Crippen LogP contribution in [-0.2, 0) is 4.79 Å². The molecule has 3 rings (SSSR count). The summed E-state index contributed by atoms with van der Waals surface area (Å²) >= 11 is 1.21. The summed E-state index contributed by atoms with van der Waals surface area (Å²) in [5.41, 5.74) is 2.53. The van der Waals surface area contributed by atoms with Crippen molar-refractivity contribution >= 4 is 34.4 Å². The van der Waals surface area contributed by atoms with Crippen LogP contribution in [0, 0.1) is 25.2 Å². The zero-order valence-corrected chi connectivity index (χ0v) is 15.2. The fourth-order valence-electron chi connectivity index (χ4n) is 2.47. The Hall–Kier alpha value is -3.12. The largest absolute Gasteiger partial charge is 0.325 e. The number of nitrogens with one attached hydrogen (secondary N) is 3. The van der Waals surface area contributed by atoms with Gasteiger partial charge in [-0.05, 0) is 39.0 Å². The van der Waals surface area contributed by atoms with Crippen LogP contribution in [0.4, 0.5) is 5.69 Å². The predicted octanol–water partition coefficient (Wildman–Crippen LogP) is 2.25. The van der Waals surface area contributed by atoms with Gasteiger partial charge in [-0.2, -0.15) is 5.26 Å². The Morgan fingerprint density at radius 1 is 1.27 bits per heavy atom. The van der Waals surface area contributed by atoms with Gasteiger partial charge in [0.25, 0.3) is 0 Å². The molecule has 0 aliphatic rings. The van der Waals surface area contributed by atoms with Crippen molar-refractivity contribution in [2.45, 2.75) is 31.0 Å². The van der Waals surface area contributed by atoms with E-state index in [-0.39, 0.29) is 11.6 Å². The number of rotatable bonds is 4. The molecule has 2 heterocycles. The lowest BCUT2D eigenvalue weighted by Crippen LogP contribution is -2.22. The van der Waals surface area contributed by atoms with E-state index in [0.29, 0.717) is 38.8 Å². The summed E-state index contributed by atoms with van der Waals surface area (Å²) in [6.45, 7) is 5.23. The Bertz CT molecular complexity index is 1090. The van der Waals surface area contributed by atoms with Gasteiger partial charge in [-0.25, -0.2) is 14.8 Å². The molecule has 0 radical (unpaired) electrons. The van der Waals surface area contributed by atoms with E-state index in [0.717, 1.165) is 0 Å². The maximum Gasteiger partial charge on any atom is 0.323 e. The van der Waals surface area contributed by atoms with Crippen molar-refractivity contribution in [3.05, 3.63) is 45.8 Å². The van der Waals surface area contributed by atoms with Gasteiger partial charge < -0.3 is 15.3 Å². The number of aromatic nitrogens is 4. The molecule has 0 saturated carbocycles. The zero-order chi connectivity index (χ0) is 18.8. The highest BCUT2D eigenvalue weighted by Crippen LogP contribution is 2.27. The first-order chi connectivity index (χ1) is 12.4. The molecule has 0 saturated heterocycles. The molecule has 0 aliphatic carbocycles. The van der Waals surface area contributed by atoms with E-state index in [1.165, 1.54) is 11.8 Å². The van der Waals surface area contributed by atoms with Gasteiger partial charge in [0.05, 0.1) is 22.0 Å². The maximum absolute atomic E-state index is 12.5. The number of hydrogen-bond acceptors (Lipinski definition) is 6. The second kappa shape index (κ2) is 7.01. The van der Waals surface area contributed by atoms with Crippen LogP contribution in [0.1, 0.15) is 24.0 Å². The van der Waals surface area contributed by atoms with Gasteiger partial charge in [0.1, 0.15) is 22.5 Å². The first kappa shape index (κ1) is 17.7. The van der Waals surface area contributed by atoms with Gasteiger partial charge in [-0.1, -0.05) is 11.8 Å². The number of carbonyl (C=O) groups is 1. The molecule has 2 aromatic heterocycles. The minimum absolute atomic E-state index is 0.231. The van der Waals surface area contributed by atoms with Gasteiger partial charge in [0, 0.05) is 5.69 Å². The molecule has 8 nitrogen and oxygen atoms in total. The summed E-state index contributed by atoms with van der Waals surface area (Å²) in [6, 6.07) is 7.20. The van der Waals surface area contributed by atoms with Gasteiger partial charge in [-0.3, -0.25) is 4.79 Å². The van der Waals surface area contributed by atoms with Crippen molar-refractivity contribution in [3.63, 3.8) is 0 Å². The normalized spacial score (nSPS) is 11.9. The number of anilines is 1. The van der Waals surface area contributed by atoms with E-state index in [1.54, 1.807) is 39.0 Å². The van der Waals surface area contributed by atoms with Crippen LogP contribution < -0.4 is 11.0 Å². The van der Waals surface area contributed by atoms with Crippen LogP contribution in [0.3, 0.4) is 0 Å². The van der Waals surface area contributed by atoms with Crippen LogP contribution in [-0.4, -0.2) is 31.1 Å². The summed E-state index contributed by atoms with van der Waals surface area (Å²) < 4.78 is 0. The molecule has 9 heteroatoms. The second-order valence-electron chi connectivity index (χ2n) is 5.74. The fourth-order valence-corrected chi connectivity index (χ4v) is 3.47. The highest BCUT2D eigenvalue weighted by Gasteiger charge is 2.19. The van der Waals surface area contributed by atoms with Crippen molar-refractivity contribution in [1.29, 1.82) is 5.26 Å². The van der Waals surface area contributed by atoms with E-state index in [4.69, 9.17) is 0 Å². The second-order valence-corrected chi connectivity index (χ2v) is 7.07. The van der Waals surface area contributed by atoms with E-state index in [1.807, 2.05) is 0 Å². The number of nitriles is 1. The standard InChI is InChI=1S/C17H16N6O2S/c1-8-12(7-18)16(20-10(3)19-8)26-9(2)15(24)21-11-4-5-13-14(6-11)23-17(25)22-13/h4-6,9H,1-3H3,(H,21,24)(H2,22,23,25). The molecule has 1 unspecified atom stereocenters. The summed E-state index contributed by atoms with van der Waals surface area (Å²) in [5, 5.41) is 12.1. The Balaban J connectivity index is 1.77. The molecule has 0 spiro atoms. The van der Waals surface area contributed by atoms with E-state index in [9.17, 15) is 14.9 Å². The molecule has 0 bridgehead atoms. The summed E-state index contributed by atoms with van der Waals surface area (Å²) in [4.78, 5) is 37.6. The van der Waals surface area contributed by atoms with Crippen molar-refractivity contribution in [2.24, 2.45) is 0 Å². The molecule has 26 heavy (non-hydrogen) atoms. The lowest BCUT2D eigenvalue weighted by Gasteiger charge is -2.13. The predicted molar refractivity (Wildman–Crippen MR) is 99.1 cm³/mol. The Morgan fingerprint density at radius 2 is 2.00 bits per heavy atom. The van der Waals surface area contributed by atoms with E-state index in [2.05, 4.69) is 31.3 Å². The first-order valence-corrected chi connectivity index (χ1v) is 8.70. The molecule has 1 atom stereocenters. The number of thioether (sulfide) groups is 1. The Labute approximate surface area is 153 Å². The molecule has 3 N–H and O–H groups in total. The fraction of sp³-hybridized carbons (Fsp3) is 0.235. The number of aromatic amines is 2. The number of benzene rings is 1. The van der Waals surface area contributed by atoms with Gasteiger partial charge in [0.15, 0.2) is 0 Å². The zero-order valence-electron chi connectivity index (χ0n) is 14.4. The number of amides is 1. The molecular weight excluding hydrogens is 352 g/mol. The van der Waals surface area contributed by atoms with Crippen LogP contribution in [0.25, 0.3) is 11.0 Å². The minimum Gasteiger partial charge on any atom is -0.325 e. The molecule has 0 fully saturated rings. The topological polar surface area (TPSA) is 127 Å². The van der Waals surface area contributed by atoms with Gasteiger partial charge >= 0.3 is 5.69 Å². The van der Waals surface area contributed by atoms with E-state index < -0.39 is 5.25 Å². The number of carbonyl (C=O) groups excluding carboxylic acids is 1. The number of fused-ring (bicyclic) bond motifs is 1. The van der Waals surface area contributed by atoms with Gasteiger partial charge in [-0.15, -0.1) is 0 Å². The highest BCUT2D eigenvalue weighted by atomic mass is 32.2. The minimum atomic E-state index is -0.475.